The minimum absolute atomic E-state index is 0.121. The first kappa shape index (κ1) is 31.4. The van der Waals surface area contributed by atoms with Crippen molar-refractivity contribution in [2.45, 2.75) is 51.4 Å². The van der Waals surface area contributed by atoms with Gasteiger partial charge in [0.05, 0.1) is 34.9 Å². The maximum atomic E-state index is 16.2. The summed E-state index contributed by atoms with van der Waals surface area (Å²) in [5, 5.41) is 19.1. The molecule has 14 heteroatoms. The Hall–Kier alpha value is -4.54. The molecular weight excluding hydrogens is 624 g/mol. The number of hydrogen-bond acceptors (Lipinski definition) is 9. The molecule has 0 unspecified atom stereocenters. The third-order valence-electron chi connectivity index (χ3n) is 8.15. The average molecular weight is 655 g/mol. The number of pyridine rings is 2. The van der Waals surface area contributed by atoms with Crippen LogP contribution in [0.4, 0.5) is 28.9 Å². The van der Waals surface area contributed by atoms with Crippen molar-refractivity contribution in [3.63, 3.8) is 0 Å². The number of methoxy groups -OCH3 is 1. The number of halogens is 5. The van der Waals surface area contributed by atoms with Gasteiger partial charge in [-0.3, -0.25) is 4.98 Å². The molecule has 0 spiro atoms. The van der Waals surface area contributed by atoms with Gasteiger partial charge in [-0.25, -0.2) is 9.99 Å². The topological polar surface area (TPSA) is 110 Å². The van der Waals surface area contributed by atoms with Gasteiger partial charge in [-0.2, -0.15) is 22.8 Å². The normalized spacial score (nSPS) is 16.7. The highest BCUT2D eigenvalue weighted by Crippen LogP contribution is 2.55. The molecule has 2 aliphatic rings. The van der Waals surface area contributed by atoms with Gasteiger partial charge in [-0.15, -0.1) is 5.53 Å². The Bertz CT molecular complexity index is 1910. The van der Waals surface area contributed by atoms with Crippen molar-refractivity contribution in [2.24, 2.45) is 5.41 Å². The van der Waals surface area contributed by atoms with Crippen LogP contribution in [0.2, 0.25) is 5.02 Å². The van der Waals surface area contributed by atoms with Crippen molar-refractivity contribution >= 4 is 44.7 Å². The highest BCUT2D eigenvalue weighted by atomic mass is 35.5. The van der Waals surface area contributed by atoms with Gasteiger partial charge >= 0.3 is 6.18 Å². The van der Waals surface area contributed by atoms with E-state index < -0.39 is 23.7 Å². The summed E-state index contributed by atoms with van der Waals surface area (Å²) in [6, 6.07) is 11.4. The number of nitrogens with one attached hydrogen (secondary N) is 4. The molecule has 9 nitrogen and oxygen atoms in total. The molecule has 0 bridgehead atoms. The summed E-state index contributed by atoms with van der Waals surface area (Å²) in [7, 11) is 1.48. The number of benzene rings is 2. The molecule has 1 fully saturated rings. The number of nitriles is 1. The van der Waals surface area contributed by atoms with E-state index in [1.807, 2.05) is 20.8 Å². The van der Waals surface area contributed by atoms with Gasteiger partial charge < -0.3 is 20.8 Å². The van der Waals surface area contributed by atoms with E-state index in [0.29, 0.717) is 61.6 Å². The standard InChI is InChI=1S/C32H31ClF4N8O/c1-30(2,3)16-41-24-17(14-38)15-40-25-22(24)12-18(13-23(25)33)42-26(20-6-5-7-21-19(20)8-11-39-29(21)46-4)27-28(34)45(44-43-27)31(9-10-31)32(35,36)37/h5-8,11-13,15,26,42-44H,9-10,16H2,1-4H3,(H,40,41)/t26-/m0/s1. The number of anilines is 2. The van der Waals surface area contributed by atoms with Gasteiger partial charge in [-0.05, 0) is 53.5 Å². The van der Waals surface area contributed by atoms with Crippen LogP contribution in [-0.2, 0) is 0 Å². The van der Waals surface area contributed by atoms with Gasteiger partial charge in [0.2, 0.25) is 11.8 Å². The lowest BCUT2D eigenvalue weighted by Crippen LogP contribution is -2.53. The molecule has 1 aliphatic carbocycles. The third-order valence-corrected chi connectivity index (χ3v) is 8.44. The molecule has 0 amide bonds. The monoisotopic (exact) mass is 654 g/mol. The second kappa shape index (κ2) is 11.4. The summed E-state index contributed by atoms with van der Waals surface area (Å²) in [5.41, 5.74) is 4.68. The van der Waals surface area contributed by atoms with Crippen LogP contribution in [0.15, 0.2) is 60.4 Å². The first-order valence-electron chi connectivity index (χ1n) is 14.5. The molecule has 4 aromatic rings. The molecule has 1 aliphatic heterocycles. The Morgan fingerprint density at radius 3 is 2.54 bits per heavy atom. The van der Waals surface area contributed by atoms with Crippen LogP contribution in [0, 0.1) is 16.7 Å². The number of nitrogens with zero attached hydrogens (tertiary/aromatic N) is 4. The minimum Gasteiger partial charge on any atom is -0.481 e. The number of aromatic nitrogens is 2. The second-order valence-electron chi connectivity index (χ2n) is 12.6. The molecular formula is C32H31ClF4N8O. The van der Waals surface area contributed by atoms with Gasteiger partial charge in [-0.1, -0.05) is 44.5 Å². The summed E-state index contributed by atoms with van der Waals surface area (Å²) in [6.45, 7) is 6.68. The molecule has 46 heavy (non-hydrogen) atoms. The predicted molar refractivity (Wildman–Crippen MR) is 168 cm³/mol. The summed E-state index contributed by atoms with van der Waals surface area (Å²) >= 11 is 6.73. The third kappa shape index (κ3) is 5.45. The van der Waals surface area contributed by atoms with E-state index in [0.717, 1.165) is 0 Å². The Morgan fingerprint density at radius 2 is 1.89 bits per heavy atom. The molecule has 1 atom stereocenters. The zero-order chi connectivity index (χ0) is 33.0. The summed E-state index contributed by atoms with van der Waals surface area (Å²) in [4.78, 5) is 8.66. The smallest absolute Gasteiger partial charge is 0.413 e. The summed E-state index contributed by atoms with van der Waals surface area (Å²) in [6.07, 6.45) is -2.18. The molecule has 3 heterocycles. The van der Waals surface area contributed by atoms with Gasteiger partial charge in [0.25, 0.3) is 0 Å². The van der Waals surface area contributed by atoms with Crippen molar-refractivity contribution in [2.75, 3.05) is 24.3 Å². The first-order chi connectivity index (χ1) is 21.8. The zero-order valence-corrected chi connectivity index (χ0v) is 26.2. The minimum atomic E-state index is -4.66. The van der Waals surface area contributed by atoms with Crippen molar-refractivity contribution in [3.8, 4) is 11.9 Å². The Labute approximate surface area is 267 Å². The fraction of sp³-hybridized carbons (Fsp3) is 0.344. The van der Waals surface area contributed by atoms with Crippen molar-refractivity contribution in [1.29, 1.82) is 5.26 Å². The highest BCUT2D eigenvalue weighted by molar-refractivity contribution is 6.35. The highest BCUT2D eigenvalue weighted by Gasteiger charge is 2.69. The fourth-order valence-electron chi connectivity index (χ4n) is 5.64. The number of hydrazine groups is 2. The lowest BCUT2D eigenvalue weighted by molar-refractivity contribution is -0.201. The lowest BCUT2D eigenvalue weighted by Gasteiger charge is -2.29. The molecule has 4 N–H and O–H groups in total. The van der Waals surface area contributed by atoms with E-state index in [2.05, 4.69) is 37.6 Å². The summed E-state index contributed by atoms with van der Waals surface area (Å²) < 4.78 is 63.8. The molecule has 240 valence electrons. The van der Waals surface area contributed by atoms with Crippen LogP contribution in [0.3, 0.4) is 0 Å². The number of ether oxygens (including phenoxy) is 1. The van der Waals surface area contributed by atoms with E-state index in [9.17, 15) is 18.4 Å². The SMILES string of the molecule is COc1nccc2c([C@H](Nc3cc(Cl)c4ncc(C#N)c(NCC(C)(C)C)c4c3)C3=C(F)N(C4(C(F)(F)F)CC4)NN3)cccc12. The molecule has 0 saturated heterocycles. The molecule has 0 radical (unpaired) electrons. The van der Waals surface area contributed by atoms with Crippen LogP contribution >= 0.6 is 11.6 Å². The van der Waals surface area contributed by atoms with Crippen molar-refractivity contribution in [3.05, 3.63) is 76.6 Å². The van der Waals surface area contributed by atoms with Gasteiger partial charge in [0.1, 0.15) is 11.8 Å². The Morgan fingerprint density at radius 1 is 1.13 bits per heavy atom. The fourth-order valence-corrected chi connectivity index (χ4v) is 5.91. The number of rotatable bonds is 8. The van der Waals surface area contributed by atoms with E-state index in [-0.39, 0.29) is 29.0 Å². The van der Waals surface area contributed by atoms with Crippen LogP contribution < -0.4 is 26.3 Å². The number of hydrogen-bond donors (Lipinski definition) is 4. The van der Waals surface area contributed by atoms with E-state index in [1.54, 1.807) is 36.4 Å². The molecule has 2 aromatic heterocycles. The number of fused-ring (bicyclic) bond motifs is 2. The van der Waals surface area contributed by atoms with Gasteiger partial charge in [0, 0.05) is 35.4 Å². The van der Waals surface area contributed by atoms with E-state index in [1.165, 1.54) is 19.5 Å². The number of alkyl halides is 3. The zero-order valence-electron chi connectivity index (χ0n) is 25.4. The molecule has 1 saturated carbocycles. The first-order valence-corrected chi connectivity index (χ1v) is 14.9. The second-order valence-corrected chi connectivity index (χ2v) is 13.0. The quantitative estimate of drug-likeness (QED) is 0.113. The van der Waals surface area contributed by atoms with Crippen LogP contribution in [-0.4, -0.2) is 40.3 Å². The Kier molecular flexibility index (Phi) is 7.77. The maximum absolute atomic E-state index is 16.2. The van der Waals surface area contributed by atoms with Crippen LogP contribution in [0.5, 0.6) is 5.88 Å². The van der Waals surface area contributed by atoms with E-state index in [4.69, 9.17) is 16.3 Å². The van der Waals surface area contributed by atoms with Crippen LogP contribution in [0.1, 0.15) is 50.8 Å². The molecule has 6 rings (SSSR count). The average Bonchev–Trinajstić information content (AvgIpc) is 3.74. The largest absolute Gasteiger partial charge is 0.481 e. The van der Waals surface area contributed by atoms with E-state index >= 15 is 4.39 Å². The predicted octanol–water partition coefficient (Wildman–Crippen LogP) is 7.49. The van der Waals surface area contributed by atoms with Crippen LogP contribution in [0.25, 0.3) is 21.7 Å². The van der Waals surface area contributed by atoms with Crippen molar-refractivity contribution < 1.29 is 22.3 Å². The lowest BCUT2D eigenvalue weighted by atomic mass is 9.96. The maximum Gasteiger partial charge on any atom is 0.413 e. The molecule has 2 aromatic carbocycles. The van der Waals surface area contributed by atoms with Crippen molar-refractivity contribution in [1.82, 2.24) is 25.9 Å². The summed E-state index contributed by atoms with van der Waals surface area (Å²) in [5.74, 6) is -0.766. The van der Waals surface area contributed by atoms with Gasteiger partial charge in [0.15, 0.2) is 5.54 Å². The Balaban J connectivity index is 1.52.